The number of anilines is 1. The fourth-order valence-electron chi connectivity index (χ4n) is 5.48. The van der Waals surface area contributed by atoms with Crippen molar-refractivity contribution in [2.75, 3.05) is 25.0 Å². The Kier molecular flexibility index (Phi) is 6.95. The molecular weight excluding hydrogens is 452 g/mol. The van der Waals surface area contributed by atoms with Gasteiger partial charge in [0.15, 0.2) is 0 Å². The SMILES string of the molecule is O=C([O-])C(c1cncnc1C1CC1)N1CC[C@@H](C(F)(F)CCCCc2ccc3c(n2)NCCC3)C1. The van der Waals surface area contributed by atoms with Crippen molar-refractivity contribution in [2.24, 2.45) is 5.92 Å². The fourth-order valence-corrected chi connectivity index (χ4v) is 5.48. The molecule has 2 aliphatic heterocycles. The number of hydrogen-bond acceptors (Lipinski definition) is 7. The number of likely N-dealkylation sites (tertiary alicyclic amines) is 1. The van der Waals surface area contributed by atoms with Gasteiger partial charge in [-0.25, -0.2) is 23.7 Å². The van der Waals surface area contributed by atoms with Crippen LogP contribution < -0.4 is 10.4 Å². The van der Waals surface area contributed by atoms with Crippen LogP contribution in [0.5, 0.6) is 0 Å². The van der Waals surface area contributed by atoms with Crippen LogP contribution in [0.15, 0.2) is 24.7 Å². The maximum Gasteiger partial charge on any atom is 0.252 e. The Morgan fingerprint density at radius 1 is 1.26 bits per heavy atom. The van der Waals surface area contributed by atoms with Gasteiger partial charge >= 0.3 is 0 Å². The lowest BCUT2D eigenvalue weighted by Crippen LogP contribution is -2.42. The van der Waals surface area contributed by atoms with Crippen LogP contribution in [0, 0.1) is 5.92 Å². The van der Waals surface area contributed by atoms with E-state index in [-0.39, 0.29) is 25.3 Å². The minimum Gasteiger partial charge on any atom is -0.548 e. The van der Waals surface area contributed by atoms with E-state index in [0.717, 1.165) is 49.4 Å². The molecule has 1 saturated heterocycles. The van der Waals surface area contributed by atoms with E-state index in [1.54, 1.807) is 4.90 Å². The number of hydrogen-bond donors (Lipinski definition) is 1. The van der Waals surface area contributed by atoms with E-state index in [9.17, 15) is 9.90 Å². The van der Waals surface area contributed by atoms with Crippen molar-refractivity contribution in [3.05, 3.63) is 47.2 Å². The summed E-state index contributed by atoms with van der Waals surface area (Å²) >= 11 is 0. The number of nitrogens with one attached hydrogen (secondary N) is 1. The molecule has 7 nitrogen and oxygen atoms in total. The smallest absolute Gasteiger partial charge is 0.252 e. The number of carbonyl (C=O) groups excluding carboxylic acids is 1. The first-order valence-electron chi connectivity index (χ1n) is 12.8. The molecule has 1 saturated carbocycles. The summed E-state index contributed by atoms with van der Waals surface area (Å²) in [6.07, 6.45) is 8.76. The third-order valence-electron chi connectivity index (χ3n) is 7.58. The second-order valence-electron chi connectivity index (χ2n) is 10.1. The van der Waals surface area contributed by atoms with Gasteiger partial charge in [0.1, 0.15) is 12.1 Å². The van der Waals surface area contributed by atoms with Crippen molar-refractivity contribution < 1.29 is 18.7 Å². The average molecular weight is 485 g/mol. The van der Waals surface area contributed by atoms with E-state index in [0.29, 0.717) is 31.4 Å². The van der Waals surface area contributed by atoms with Crippen molar-refractivity contribution in [1.29, 1.82) is 0 Å². The van der Waals surface area contributed by atoms with Gasteiger partial charge in [0.2, 0.25) is 0 Å². The van der Waals surface area contributed by atoms with E-state index in [4.69, 9.17) is 0 Å². The molecule has 0 radical (unpaired) electrons. The quantitative estimate of drug-likeness (QED) is 0.517. The number of alkyl halides is 2. The molecule has 5 rings (SSSR count). The summed E-state index contributed by atoms with van der Waals surface area (Å²) in [7, 11) is 0. The predicted molar refractivity (Wildman–Crippen MR) is 125 cm³/mol. The zero-order chi connectivity index (χ0) is 24.4. The van der Waals surface area contributed by atoms with Gasteiger partial charge < -0.3 is 15.2 Å². The Hall–Kier alpha value is -2.68. The molecule has 0 spiro atoms. The number of nitrogens with zero attached hydrogens (tertiary/aromatic N) is 4. The van der Waals surface area contributed by atoms with E-state index in [2.05, 4.69) is 26.3 Å². The number of aliphatic carboxylic acids is 1. The second kappa shape index (κ2) is 10.1. The van der Waals surface area contributed by atoms with Gasteiger partial charge in [0, 0.05) is 48.8 Å². The van der Waals surface area contributed by atoms with E-state index >= 15 is 8.78 Å². The fraction of sp³-hybridized carbons (Fsp3) is 0.615. The first kappa shape index (κ1) is 24.0. The summed E-state index contributed by atoms with van der Waals surface area (Å²) in [5, 5.41) is 15.4. The number of carboxylic acid groups (broad SMARTS) is 1. The molecule has 1 unspecified atom stereocenters. The first-order valence-corrected chi connectivity index (χ1v) is 12.8. The normalized spacial score (nSPS) is 21.4. The van der Waals surface area contributed by atoms with Gasteiger partial charge in [-0.2, -0.15) is 0 Å². The molecule has 4 heterocycles. The van der Waals surface area contributed by atoms with Crippen LogP contribution >= 0.6 is 0 Å². The van der Waals surface area contributed by atoms with E-state index in [1.165, 1.54) is 18.1 Å². The number of aryl methyl sites for hydroxylation is 2. The molecule has 1 N–H and O–H groups in total. The van der Waals surface area contributed by atoms with Crippen molar-refractivity contribution in [1.82, 2.24) is 19.9 Å². The number of pyridine rings is 1. The number of aromatic nitrogens is 3. The van der Waals surface area contributed by atoms with E-state index in [1.807, 2.05) is 6.07 Å². The molecule has 2 aromatic rings. The number of fused-ring (bicyclic) bond motifs is 1. The number of rotatable bonds is 10. The summed E-state index contributed by atoms with van der Waals surface area (Å²) in [5.74, 6) is -3.83. The van der Waals surface area contributed by atoms with Crippen molar-refractivity contribution in [3.8, 4) is 0 Å². The topological polar surface area (TPSA) is 94.1 Å². The summed E-state index contributed by atoms with van der Waals surface area (Å²) in [4.78, 5) is 26.6. The lowest BCUT2D eigenvalue weighted by Gasteiger charge is -2.31. The van der Waals surface area contributed by atoms with Crippen LogP contribution in [0.4, 0.5) is 14.6 Å². The van der Waals surface area contributed by atoms with Crippen LogP contribution in [-0.2, 0) is 17.6 Å². The first-order chi connectivity index (χ1) is 16.9. The summed E-state index contributed by atoms with van der Waals surface area (Å²) in [5.41, 5.74) is 3.36. The summed E-state index contributed by atoms with van der Waals surface area (Å²) in [6, 6.07) is 3.00. The van der Waals surface area contributed by atoms with Crippen LogP contribution in [0.2, 0.25) is 0 Å². The molecule has 35 heavy (non-hydrogen) atoms. The third-order valence-corrected chi connectivity index (χ3v) is 7.58. The molecule has 9 heteroatoms. The number of carbonyl (C=O) groups is 1. The van der Waals surface area contributed by atoms with Gasteiger partial charge in [0.25, 0.3) is 5.92 Å². The van der Waals surface area contributed by atoms with Crippen LogP contribution in [0.3, 0.4) is 0 Å². The molecule has 2 fully saturated rings. The van der Waals surface area contributed by atoms with Crippen LogP contribution in [0.25, 0.3) is 0 Å². The Morgan fingerprint density at radius 3 is 2.91 bits per heavy atom. The van der Waals surface area contributed by atoms with Gasteiger partial charge in [0.05, 0.1) is 17.7 Å². The number of halogens is 2. The molecule has 3 aliphatic rings. The summed E-state index contributed by atoms with van der Waals surface area (Å²) in [6.45, 7) is 1.25. The molecule has 1 aliphatic carbocycles. The van der Waals surface area contributed by atoms with Crippen LogP contribution in [-0.4, -0.2) is 51.4 Å². The molecule has 0 bridgehead atoms. The lowest BCUT2D eigenvalue weighted by atomic mass is 9.95. The van der Waals surface area contributed by atoms with Crippen molar-refractivity contribution in [3.63, 3.8) is 0 Å². The molecule has 0 aromatic carbocycles. The number of unbranched alkanes of at least 4 members (excludes halogenated alkanes) is 1. The Morgan fingerprint density at radius 2 is 2.11 bits per heavy atom. The van der Waals surface area contributed by atoms with Crippen molar-refractivity contribution >= 4 is 11.8 Å². The van der Waals surface area contributed by atoms with E-state index < -0.39 is 23.9 Å². The maximum absolute atomic E-state index is 15.1. The highest BCUT2D eigenvalue weighted by molar-refractivity contribution is 5.74. The highest BCUT2D eigenvalue weighted by Gasteiger charge is 2.45. The largest absolute Gasteiger partial charge is 0.548 e. The highest BCUT2D eigenvalue weighted by atomic mass is 19.3. The molecule has 0 amide bonds. The minimum atomic E-state index is -2.84. The zero-order valence-corrected chi connectivity index (χ0v) is 19.9. The standard InChI is InChI=1S/C26H33F2N5O2/c27-26(28,11-2-1-5-20-9-8-18-4-3-12-30-24(18)32-20)19-10-13-33(15-19)23(25(34)35)21-14-29-16-31-22(21)17-6-7-17/h8-9,14,16-17,19,23H,1-7,10-13,15H2,(H,30,32)(H,34,35)/p-1/t19-,23?/m1/s1. The molecule has 2 atom stereocenters. The summed E-state index contributed by atoms with van der Waals surface area (Å²) < 4.78 is 30.2. The molecular formula is C26H32F2N5O2-. The lowest BCUT2D eigenvalue weighted by molar-refractivity contribution is -0.312. The Balaban J connectivity index is 1.16. The Bertz CT molecular complexity index is 1060. The van der Waals surface area contributed by atoms with Gasteiger partial charge in [-0.05, 0) is 69.5 Å². The minimum absolute atomic E-state index is 0.0305. The highest BCUT2D eigenvalue weighted by Crippen LogP contribution is 2.44. The van der Waals surface area contributed by atoms with Crippen molar-refractivity contribution in [2.45, 2.75) is 75.7 Å². The van der Waals surface area contributed by atoms with Gasteiger partial charge in [-0.15, -0.1) is 0 Å². The average Bonchev–Trinajstić information content (AvgIpc) is 3.58. The number of carboxylic acids is 1. The van der Waals surface area contributed by atoms with Gasteiger partial charge in [-0.1, -0.05) is 6.07 Å². The Labute approximate surface area is 204 Å². The van der Waals surface area contributed by atoms with Crippen LogP contribution in [0.1, 0.15) is 79.4 Å². The second-order valence-corrected chi connectivity index (χ2v) is 10.1. The molecule has 2 aromatic heterocycles. The van der Waals surface area contributed by atoms with Gasteiger partial charge in [-0.3, -0.25) is 4.90 Å². The predicted octanol–water partition coefficient (Wildman–Crippen LogP) is 3.27. The maximum atomic E-state index is 15.1. The third kappa shape index (κ3) is 5.44. The molecule has 188 valence electrons. The monoisotopic (exact) mass is 484 g/mol. The zero-order valence-electron chi connectivity index (χ0n) is 19.9.